The number of benzene rings is 1. The molecule has 0 aromatic heterocycles. The predicted molar refractivity (Wildman–Crippen MR) is 99.3 cm³/mol. The molecule has 1 saturated heterocycles. The Bertz CT molecular complexity index is 677. The van der Waals surface area contributed by atoms with Crippen LogP contribution in [-0.4, -0.2) is 73.0 Å². The van der Waals surface area contributed by atoms with E-state index in [0.717, 1.165) is 0 Å². The summed E-state index contributed by atoms with van der Waals surface area (Å²) in [7, 11) is 3.00. The Labute approximate surface area is 159 Å². The Morgan fingerprint density at radius 1 is 1.07 bits per heavy atom. The van der Waals surface area contributed by atoms with E-state index in [1.54, 1.807) is 23.1 Å². The standard InChI is InChI=1S/C19H28N2O6/c1-19(2,3)27-18(24)21-11-9-20(10-12-21)15(17(22)23)13-7-6-8-14(25-4)16(13)26-5/h6-8,15H,9-12H2,1-5H3,(H,22,23). The third-order valence-electron chi connectivity index (χ3n) is 4.29. The molecule has 0 radical (unpaired) electrons. The number of carbonyl (C=O) groups excluding carboxylic acids is 1. The first-order chi connectivity index (χ1) is 12.7. The maximum Gasteiger partial charge on any atom is 0.410 e. The number of methoxy groups -OCH3 is 2. The minimum Gasteiger partial charge on any atom is -0.493 e. The van der Waals surface area contributed by atoms with E-state index >= 15 is 0 Å². The number of ether oxygens (including phenoxy) is 3. The Morgan fingerprint density at radius 3 is 2.19 bits per heavy atom. The molecule has 2 rings (SSSR count). The van der Waals surface area contributed by atoms with Crippen LogP contribution in [0.5, 0.6) is 11.5 Å². The van der Waals surface area contributed by atoms with Gasteiger partial charge >= 0.3 is 12.1 Å². The number of hydrogen-bond donors (Lipinski definition) is 1. The van der Waals surface area contributed by atoms with Gasteiger partial charge in [0.15, 0.2) is 11.5 Å². The van der Waals surface area contributed by atoms with E-state index in [1.165, 1.54) is 14.2 Å². The monoisotopic (exact) mass is 380 g/mol. The average molecular weight is 380 g/mol. The minimum absolute atomic E-state index is 0.381. The van der Waals surface area contributed by atoms with Gasteiger partial charge in [-0.15, -0.1) is 0 Å². The van der Waals surface area contributed by atoms with Gasteiger partial charge in [-0.1, -0.05) is 12.1 Å². The van der Waals surface area contributed by atoms with Crippen LogP contribution in [0, 0.1) is 0 Å². The summed E-state index contributed by atoms with van der Waals surface area (Å²) in [5.41, 5.74) is -0.0405. The van der Waals surface area contributed by atoms with Crippen molar-refractivity contribution in [1.29, 1.82) is 0 Å². The second-order valence-electron chi connectivity index (χ2n) is 7.33. The molecular weight excluding hydrogens is 352 g/mol. The summed E-state index contributed by atoms with van der Waals surface area (Å²) in [6.45, 7) is 7.06. The maximum atomic E-state index is 12.2. The molecule has 0 saturated carbocycles. The number of nitrogens with zero attached hydrogens (tertiary/aromatic N) is 2. The first-order valence-corrected chi connectivity index (χ1v) is 8.83. The molecule has 1 aliphatic rings. The zero-order valence-corrected chi connectivity index (χ0v) is 16.5. The fourth-order valence-corrected chi connectivity index (χ4v) is 3.10. The lowest BCUT2D eigenvalue weighted by atomic mass is 10.0. The topological polar surface area (TPSA) is 88.5 Å². The van der Waals surface area contributed by atoms with Crippen molar-refractivity contribution in [3.05, 3.63) is 23.8 Å². The van der Waals surface area contributed by atoms with Gasteiger partial charge in [0, 0.05) is 31.7 Å². The Kier molecular flexibility index (Phi) is 6.54. The number of carbonyl (C=O) groups is 2. The van der Waals surface area contributed by atoms with Gasteiger partial charge in [0.1, 0.15) is 11.6 Å². The molecule has 1 unspecified atom stereocenters. The fraction of sp³-hybridized carbons (Fsp3) is 0.579. The smallest absolute Gasteiger partial charge is 0.410 e. The number of piperazine rings is 1. The number of carboxylic acids is 1. The lowest BCUT2D eigenvalue weighted by Crippen LogP contribution is -2.52. The van der Waals surface area contributed by atoms with Crippen LogP contribution >= 0.6 is 0 Å². The third-order valence-corrected chi connectivity index (χ3v) is 4.29. The van der Waals surface area contributed by atoms with Crippen LogP contribution < -0.4 is 9.47 Å². The predicted octanol–water partition coefficient (Wildman–Crippen LogP) is 2.38. The van der Waals surface area contributed by atoms with Crippen molar-refractivity contribution in [1.82, 2.24) is 9.80 Å². The van der Waals surface area contributed by atoms with Gasteiger partial charge in [-0.3, -0.25) is 9.69 Å². The van der Waals surface area contributed by atoms with E-state index in [9.17, 15) is 14.7 Å². The molecule has 0 aliphatic carbocycles. The van der Waals surface area contributed by atoms with Crippen LogP contribution in [0.25, 0.3) is 0 Å². The van der Waals surface area contributed by atoms with Crippen LogP contribution in [-0.2, 0) is 9.53 Å². The zero-order valence-electron chi connectivity index (χ0n) is 16.5. The molecule has 8 nitrogen and oxygen atoms in total. The Hall–Kier alpha value is -2.48. The van der Waals surface area contributed by atoms with E-state index in [2.05, 4.69) is 0 Å². The van der Waals surface area contributed by atoms with Crippen molar-refractivity contribution in [3.63, 3.8) is 0 Å². The van der Waals surface area contributed by atoms with Gasteiger partial charge in [-0.05, 0) is 26.8 Å². The summed E-state index contributed by atoms with van der Waals surface area (Å²) >= 11 is 0. The van der Waals surface area contributed by atoms with E-state index in [0.29, 0.717) is 43.2 Å². The quantitative estimate of drug-likeness (QED) is 0.839. The molecule has 1 aliphatic heterocycles. The first kappa shape index (κ1) is 20.8. The summed E-state index contributed by atoms with van der Waals surface area (Å²) in [6, 6.07) is 4.29. The largest absolute Gasteiger partial charge is 0.493 e. The summed E-state index contributed by atoms with van der Waals surface area (Å²) in [4.78, 5) is 27.7. The zero-order chi connectivity index (χ0) is 20.2. The van der Waals surface area contributed by atoms with Crippen LogP contribution in [0.2, 0.25) is 0 Å². The van der Waals surface area contributed by atoms with E-state index in [-0.39, 0.29) is 6.09 Å². The second-order valence-corrected chi connectivity index (χ2v) is 7.33. The summed E-state index contributed by atoms with van der Waals surface area (Å²) < 4.78 is 16.1. The molecule has 1 aromatic rings. The van der Waals surface area contributed by atoms with Crippen molar-refractivity contribution < 1.29 is 28.9 Å². The average Bonchev–Trinajstić information content (AvgIpc) is 2.60. The van der Waals surface area contributed by atoms with Crippen molar-refractivity contribution in [2.75, 3.05) is 40.4 Å². The summed E-state index contributed by atoms with van der Waals surface area (Å²) in [6.07, 6.45) is -0.381. The van der Waals surface area contributed by atoms with Crippen molar-refractivity contribution in [2.45, 2.75) is 32.4 Å². The number of amides is 1. The fourth-order valence-electron chi connectivity index (χ4n) is 3.10. The summed E-state index contributed by atoms with van der Waals surface area (Å²) in [5, 5.41) is 9.85. The maximum absolute atomic E-state index is 12.2. The highest BCUT2D eigenvalue weighted by molar-refractivity contribution is 5.77. The summed E-state index contributed by atoms with van der Waals surface area (Å²) in [5.74, 6) is -0.0946. The van der Waals surface area contributed by atoms with Gasteiger partial charge in [0.25, 0.3) is 0 Å². The van der Waals surface area contributed by atoms with Crippen LogP contribution in [0.4, 0.5) is 4.79 Å². The Balaban J connectivity index is 2.17. The highest BCUT2D eigenvalue weighted by atomic mass is 16.6. The molecule has 8 heteroatoms. The highest BCUT2D eigenvalue weighted by Gasteiger charge is 2.35. The third kappa shape index (κ3) is 5.03. The van der Waals surface area contributed by atoms with Crippen LogP contribution in [0.15, 0.2) is 18.2 Å². The Morgan fingerprint density at radius 2 is 1.70 bits per heavy atom. The molecule has 1 fully saturated rings. The molecule has 1 aromatic carbocycles. The molecule has 0 bridgehead atoms. The van der Waals surface area contributed by atoms with Gasteiger partial charge in [0.2, 0.25) is 0 Å². The molecule has 27 heavy (non-hydrogen) atoms. The van der Waals surface area contributed by atoms with E-state index in [4.69, 9.17) is 14.2 Å². The van der Waals surface area contributed by atoms with Crippen LogP contribution in [0.3, 0.4) is 0 Å². The number of hydrogen-bond acceptors (Lipinski definition) is 6. The molecule has 1 heterocycles. The van der Waals surface area contributed by atoms with Gasteiger partial charge in [-0.25, -0.2) is 4.79 Å². The molecular formula is C19H28N2O6. The van der Waals surface area contributed by atoms with Crippen molar-refractivity contribution in [3.8, 4) is 11.5 Å². The number of para-hydroxylation sites is 1. The molecule has 1 amide bonds. The SMILES string of the molecule is COc1cccc(C(C(=O)O)N2CCN(C(=O)OC(C)(C)C)CC2)c1OC. The van der Waals surface area contributed by atoms with Crippen LogP contribution in [0.1, 0.15) is 32.4 Å². The van der Waals surface area contributed by atoms with E-state index in [1.807, 2.05) is 25.7 Å². The number of carboxylic acid groups (broad SMARTS) is 1. The van der Waals surface area contributed by atoms with E-state index < -0.39 is 17.6 Å². The normalized spacial score (nSPS) is 16.6. The molecule has 1 atom stereocenters. The molecule has 150 valence electrons. The molecule has 1 N–H and O–H groups in total. The second kappa shape index (κ2) is 8.47. The molecule has 0 spiro atoms. The van der Waals surface area contributed by atoms with Gasteiger partial charge in [0.05, 0.1) is 14.2 Å². The van der Waals surface area contributed by atoms with Crippen molar-refractivity contribution >= 4 is 12.1 Å². The highest BCUT2D eigenvalue weighted by Crippen LogP contribution is 2.37. The number of aliphatic carboxylic acids is 1. The van der Waals surface area contributed by atoms with Gasteiger partial charge < -0.3 is 24.2 Å². The van der Waals surface area contributed by atoms with Crippen molar-refractivity contribution in [2.24, 2.45) is 0 Å². The minimum atomic E-state index is -0.979. The lowest BCUT2D eigenvalue weighted by molar-refractivity contribution is -0.144. The lowest BCUT2D eigenvalue weighted by Gasteiger charge is -2.38. The first-order valence-electron chi connectivity index (χ1n) is 8.83. The number of rotatable bonds is 5. The van der Waals surface area contributed by atoms with Gasteiger partial charge in [-0.2, -0.15) is 0 Å².